The zero-order valence-electron chi connectivity index (χ0n) is 13.1. The molecule has 0 atom stereocenters. The van der Waals surface area contributed by atoms with Gasteiger partial charge in [-0.25, -0.2) is 9.97 Å². The van der Waals surface area contributed by atoms with E-state index in [2.05, 4.69) is 25.3 Å². The third-order valence-electron chi connectivity index (χ3n) is 4.02. The van der Waals surface area contributed by atoms with Crippen molar-refractivity contribution in [2.24, 2.45) is 7.05 Å². The van der Waals surface area contributed by atoms with Crippen LogP contribution in [-0.2, 0) is 7.05 Å². The number of anilines is 2. The van der Waals surface area contributed by atoms with Gasteiger partial charge >= 0.3 is 0 Å². The van der Waals surface area contributed by atoms with E-state index in [0.717, 1.165) is 24.7 Å². The molecule has 7 nitrogen and oxygen atoms in total. The molecule has 1 aliphatic rings. The second kappa shape index (κ2) is 5.75. The first-order valence-electron chi connectivity index (χ1n) is 7.45. The summed E-state index contributed by atoms with van der Waals surface area (Å²) in [6, 6.07) is 0. The summed E-state index contributed by atoms with van der Waals surface area (Å²) in [5.41, 5.74) is 2.75. The number of amides is 1. The van der Waals surface area contributed by atoms with Crippen LogP contribution in [0.25, 0.3) is 0 Å². The lowest BCUT2D eigenvalue weighted by molar-refractivity contribution is 0.102. The Morgan fingerprint density at radius 2 is 1.82 bits per heavy atom. The highest BCUT2D eigenvalue weighted by molar-refractivity contribution is 6.05. The van der Waals surface area contributed by atoms with Gasteiger partial charge in [0.2, 0.25) is 5.95 Å². The number of nitrogens with one attached hydrogen (secondary N) is 1. The standard InChI is InChI=1S/C15H20N6O/c1-10-13(11(2)20(3)19-10)14(22)18-12-8-16-15(17-9-12)21-6-4-5-7-21/h8-9H,4-7H2,1-3H3,(H,18,22). The number of carbonyl (C=O) groups is 1. The molecular formula is C15H20N6O. The number of hydrogen-bond acceptors (Lipinski definition) is 5. The average Bonchev–Trinajstić information content (AvgIpc) is 3.09. The van der Waals surface area contributed by atoms with Crippen molar-refractivity contribution in [2.75, 3.05) is 23.3 Å². The van der Waals surface area contributed by atoms with Gasteiger partial charge in [-0.05, 0) is 26.7 Å². The summed E-state index contributed by atoms with van der Waals surface area (Å²) < 4.78 is 1.71. The second-order valence-corrected chi connectivity index (χ2v) is 5.59. The fraction of sp³-hybridized carbons (Fsp3) is 0.467. The number of carbonyl (C=O) groups excluding carboxylic acids is 1. The van der Waals surface area contributed by atoms with E-state index in [4.69, 9.17) is 0 Å². The van der Waals surface area contributed by atoms with Gasteiger partial charge in [-0.15, -0.1) is 0 Å². The molecule has 0 radical (unpaired) electrons. The summed E-state index contributed by atoms with van der Waals surface area (Å²) >= 11 is 0. The second-order valence-electron chi connectivity index (χ2n) is 5.59. The lowest BCUT2D eigenvalue weighted by atomic mass is 10.2. The molecule has 0 unspecified atom stereocenters. The molecular weight excluding hydrogens is 280 g/mol. The molecule has 2 aromatic rings. The summed E-state index contributed by atoms with van der Waals surface area (Å²) in [4.78, 5) is 23.2. The van der Waals surface area contributed by atoms with Crippen LogP contribution in [0.4, 0.5) is 11.6 Å². The highest BCUT2D eigenvalue weighted by Gasteiger charge is 2.18. The van der Waals surface area contributed by atoms with E-state index in [9.17, 15) is 4.79 Å². The Bertz CT molecular complexity index is 685. The maximum atomic E-state index is 12.4. The summed E-state index contributed by atoms with van der Waals surface area (Å²) in [6.07, 6.45) is 5.67. The molecule has 2 aromatic heterocycles. The van der Waals surface area contributed by atoms with Crippen LogP contribution in [0.1, 0.15) is 34.6 Å². The minimum Gasteiger partial charge on any atom is -0.341 e. The van der Waals surface area contributed by atoms with Gasteiger partial charge in [0, 0.05) is 25.8 Å². The number of nitrogens with zero attached hydrogens (tertiary/aromatic N) is 5. The van der Waals surface area contributed by atoms with Crippen molar-refractivity contribution < 1.29 is 4.79 Å². The number of hydrogen-bond donors (Lipinski definition) is 1. The first kappa shape index (κ1) is 14.5. The summed E-state index contributed by atoms with van der Waals surface area (Å²) in [6.45, 7) is 5.70. The average molecular weight is 300 g/mol. The largest absolute Gasteiger partial charge is 0.341 e. The fourth-order valence-electron chi connectivity index (χ4n) is 2.76. The van der Waals surface area contributed by atoms with E-state index >= 15 is 0 Å². The fourth-order valence-corrected chi connectivity index (χ4v) is 2.76. The van der Waals surface area contributed by atoms with Crippen molar-refractivity contribution in [2.45, 2.75) is 26.7 Å². The molecule has 116 valence electrons. The highest BCUT2D eigenvalue weighted by atomic mass is 16.1. The molecule has 0 bridgehead atoms. The van der Waals surface area contributed by atoms with Gasteiger partial charge in [-0.2, -0.15) is 5.10 Å². The monoisotopic (exact) mass is 300 g/mol. The Morgan fingerprint density at radius 3 is 2.36 bits per heavy atom. The summed E-state index contributed by atoms with van der Waals surface area (Å²) in [5, 5.41) is 7.09. The molecule has 0 aromatic carbocycles. The van der Waals surface area contributed by atoms with Crippen molar-refractivity contribution in [3.05, 3.63) is 29.3 Å². The van der Waals surface area contributed by atoms with Crippen LogP contribution >= 0.6 is 0 Å². The Labute approximate surface area is 129 Å². The normalized spacial score (nSPS) is 14.4. The Morgan fingerprint density at radius 1 is 1.18 bits per heavy atom. The zero-order chi connectivity index (χ0) is 15.7. The van der Waals surface area contributed by atoms with Crippen LogP contribution in [0.5, 0.6) is 0 Å². The van der Waals surface area contributed by atoms with Gasteiger partial charge in [0.25, 0.3) is 5.91 Å². The number of aromatic nitrogens is 4. The molecule has 1 amide bonds. The molecule has 1 saturated heterocycles. The molecule has 1 aliphatic heterocycles. The van der Waals surface area contributed by atoms with Crippen LogP contribution in [0.15, 0.2) is 12.4 Å². The van der Waals surface area contributed by atoms with Gasteiger partial charge in [0.15, 0.2) is 0 Å². The van der Waals surface area contributed by atoms with Gasteiger partial charge in [0.1, 0.15) is 0 Å². The van der Waals surface area contributed by atoms with Gasteiger partial charge in [0.05, 0.1) is 29.3 Å². The van der Waals surface area contributed by atoms with Crippen molar-refractivity contribution >= 4 is 17.5 Å². The molecule has 0 saturated carbocycles. The van der Waals surface area contributed by atoms with Crippen molar-refractivity contribution in [3.8, 4) is 0 Å². The predicted molar refractivity (Wildman–Crippen MR) is 84.1 cm³/mol. The van der Waals surface area contributed by atoms with Crippen molar-refractivity contribution in [3.63, 3.8) is 0 Å². The molecule has 3 heterocycles. The van der Waals surface area contributed by atoms with Gasteiger partial charge in [-0.1, -0.05) is 0 Å². The third kappa shape index (κ3) is 2.66. The van der Waals surface area contributed by atoms with Crippen LogP contribution in [-0.4, -0.2) is 38.7 Å². The molecule has 3 rings (SSSR count). The first-order chi connectivity index (χ1) is 10.6. The third-order valence-corrected chi connectivity index (χ3v) is 4.02. The summed E-state index contributed by atoms with van der Waals surface area (Å²) in [5.74, 6) is 0.546. The molecule has 0 spiro atoms. The van der Waals surface area contributed by atoms with Gasteiger partial charge in [-0.3, -0.25) is 9.48 Å². The van der Waals surface area contributed by atoms with Crippen LogP contribution in [0.3, 0.4) is 0 Å². The molecule has 1 fully saturated rings. The van der Waals surface area contributed by atoms with E-state index in [-0.39, 0.29) is 5.91 Å². The molecule has 0 aliphatic carbocycles. The topological polar surface area (TPSA) is 75.9 Å². The Kier molecular flexibility index (Phi) is 3.79. The van der Waals surface area contributed by atoms with E-state index in [0.29, 0.717) is 16.9 Å². The van der Waals surface area contributed by atoms with E-state index < -0.39 is 0 Å². The van der Waals surface area contributed by atoms with E-state index in [1.807, 2.05) is 20.9 Å². The molecule has 1 N–H and O–H groups in total. The quantitative estimate of drug-likeness (QED) is 0.933. The summed E-state index contributed by atoms with van der Waals surface area (Å²) in [7, 11) is 1.83. The smallest absolute Gasteiger partial charge is 0.259 e. The van der Waals surface area contributed by atoms with Crippen LogP contribution in [0, 0.1) is 13.8 Å². The van der Waals surface area contributed by atoms with Crippen LogP contribution < -0.4 is 10.2 Å². The Hall–Kier alpha value is -2.44. The minimum absolute atomic E-state index is 0.180. The molecule has 7 heteroatoms. The minimum atomic E-state index is -0.180. The zero-order valence-corrected chi connectivity index (χ0v) is 13.1. The van der Waals surface area contributed by atoms with Gasteiger partial charge < -0.3 is 10.2 Å². The Balaban J connectivity index is 1.74. The van der Waals surface area contributed by atoms with E-state index in [1.165, 1.54) is 12.8 Å². The molecule has 22 heavy (non-hydrogen) atoms. The maximum absolute atomic E-state index is 12.4. The highest BCUT2D eigenvalue weighted by Crippen LogP contribution is 2.18. The van der Waals surface area contributed by atoms with E-state index in [1.54, 1.807) is 17.1 Å². The maximum Gasteiger partial charge on any atom is 0.259 e. The SMILES string of the molecule is Cc1nn(C)c(C)c1C(=O)Nc1cnc(N2CCCC2)nc1. The predicted octanol–water partition coefficient (Wildman–Crippen LogP) is 1.68. The van der Waals surface area contributed by atoms with Crippen molar-refractivity contribution in [1.29, 1.82) is 0 Å². The number of rotatable bonds is 3. The lowest BCUT2D eigenvalue weighted by Crippen LogP contribution is -2.20. The van der Waals surface area contributed by atoms with Crippen LogP contribution in [0.2, 0.25) is 0 Å². The lowest BCUT2D eigenvalue weighted by Gasteiger charge is -2.14. The van der Waals surface area contributed by atoms with Crippen molar-refractivity contribution in [1.82, 2.24) is 19.7 Å². The number of aryl methyl sites for hydroxylation is 2. The first-order valence-corrected chi connectivity index (χ1v) is 7.45.